The van der Waals surface area contributed by atoms with Crippen molar-refractivity contribution in [2.75, 3.05) is 26.1 Å². The second-order valence-corrected chi connectivity index (χ2v) is 6.75. The van der Waals surface area contributed by atoms with E-state index in [9.17, 15) is 0 Å². The topological polar surface area (TPSA) is 64.3 Å². The molecule has 108 valence electrons. The summed E-state index contributed by atoms with van der Waals surface area (Å²) in [5.74, 6) is 0.808. The highest BCUT2D eigenvalue weighted by molar-refractivity contribution is 8.01. The molecule has 0 fully saturated rings. The van der Waals surface area contributed by atoms with Gasteiger partial charge < -0.3 is 15.4 Å². The number of rotatable bonds is 5. The molecule has 0 aliphatic rings. The van der Waals surface area contributed by atoms with E-state index in [1.165, 1.54) is 0 Å². The summed E-state index contributed by atoms with van der Waals surface area (Å²) in [6, 6.07) is 5.81. The van der Waals surface area contributed by atoms with Gasteiger partial charge in [0.15, 0.2) is 4.34 Å². The van der Waals surface area contributed by atoms with Crippen LogP contribution in [0.25, 0.3) is 0 Å². The average Bonchev–Trinajstić information content (AvgIpc) is 2.86. The van der Waals surface area contributed by atoms with Crippen LogP contribution >= 0.6 is 23.1 Å². The Kier molecular flexibility index (Phi) is 4.85. The number of ether oxygens (including phenoxy) is 1. The van der Waals surface area contributed by atoms with Crippen molar-refractivity contribution in [3.8, 4) is 5.75 Å². The molecular formula is C13H18N4OS2. The van der Waals surface area contributed by atoms with Gasteiger partial charge in [-0.05, 0) is 19.1 Å². The van der Waals surface area contributed by atoms with E-state index in [1.54, 1.807) is 30.2 Å². The maximum absolute atomic E-state index is 6.06. The number of methoxy groups -OCH3 is 1. The molecule has 0 saturated carbocycles. The van der Waals surface area contributed by atoms with E-state index in [0.717, 1.165) is 25.7 Å². The molecular weight excluding hydrogens is 292 g/mol. The zero-order chi connectivity index (χ0) is 14.7. The maximum atomic E-state index is 6.06. The molecule has 2 N–H and O–H groups in total. The van der Waals surface area contributed by atoms with Crippen LogP contribution in [-0.4, -0.2) is 31.4 Å². The van der Waals surface area contributed by atoms with Gasteiger partial charge in [-0.3, -0.25) is 0 Å². The van der Waals surface area contributed by atoms with Crippen molar-refractivity contribution in [3.05, 3.63) is 23.8 Å². The standard InChI is InChI=1S/C13H18N4OS2/c1-8(14)11-9(18-4)6-5-7-10(11)19-13-16-15-12(20-13)17(2)3/h5-8H,14H2,1-4H3/t8-/m0/s1. The summed E-state index contributed by atoms with van der Waals surface area (Å²) in [6.45, 7) is 1.95. The smallest absolute Gasteiger partial charge is 0.208 e. The van der Waals surface area contributed by atoms with E-state index in [4.69, 9.17) is 10.5 Å². The molecule has 2 rings (SSSR count). The summed E-state index contributed by atoms with van der Waals surface area (Å²) < 4.78 is 6.29. The lowest BCUT2D eigenvalue weighted by Gasteiger charge is -2.15. The summed E-state index contributed by atoms with van der Waals surface area (Å²) in [5, 5.41) is 9.22. The highest BCUT2D eigenvalue weighted by Crippen LogP contribution is 2.39. The van der Waals surface area contributed by atoms with Crippen LogP contribution in [-0.2, 0) is 0 Å². The highest BCUT2D eigenvalue weighted by atomic mass is 32.2. The Hall–Kier alpha value is -1.31. The summed E-state index contributed by atoms with van der Waals surface area (Å²) in [7, 11) is 5.56. The molecule has 7 heteroatoms. The van der Waals surface area contributed by atoms with Gasteiger partial charge in [-0.15, -0.1) is 10.2 Å². The van der Waals surface area contributed by atoms with Crippen molar-refractivity contribution in [2.24, 2.45) is 5.73 Å². The molecule has 20 heavy (non-hydrogen) atoms. The minimum atomic E-state index is -0.102. The third-order valence-corrected chi connectivity index (χ3v) is 4.89. The molecule has 0 aliphatic carbocycles. The maximum Gasteiger partial charge on any atom is 0.208 e. The van der Waals surface area contributed by atoms with Crippen molar-refractivity contribution >= 4 is 28.2 Å². The van der Waals surface area contributed by atoms with Crippen molar-refractivity contribution in [3.63, 3.8) is 0 Å². The molecule has 0 bridgehead atoms. The van der Waals surface area contributed by atoms with Crippen LogP contribution in [0.1, 0.15) is 18.5 Å². The zero-order valence-electron chi connectivity index (χ0n) is 12.0. The average molecular weight is 310 g/mol. The van der Waals surface area contributed by atoms with Gasteiger partial charge in [0.1, 0.15) is 5.75 Å². The fraction of sp³-hybridized carbons (Fsp3) is 0.385. The number of nitrogens with zero attached hydrogens (tertiary/aromatic N) is 3. The van der Waals surface area contributed by atoms with E-state index in [0.29, 0.717) is 0 Å². The number of nitrogens with two attached hydrogens (primary N) is 1. The highest BCUT2D eigenvalue weighted by Gasteiger charge is 2.16. The molecule has 1 atom stereocenters. The Morgan fingerprint density at radius 2 is 2.10 bits per heavy atom. The van der Waals surface area contributed by atoms with Gasteiger partial charge in [-0.1, -0.05) is 29.2 Å². The van der Waals surface area contributed by atoms with Crippen LogP contribution < -0.4 is 15.4 Å². The Labute approximate surface area is 127 Å². The Morgan fingerprint density at radius 1 is 1.35 bits per heavy atom. The lowest BCUT2D eigenvalue weighted by Crippen LogP contribution is -2.08. The second-order valence-electron chi connectivity index (χ2n) is 4.51. The number of anilines is 1. The van der Waals surface area contributed by atoms with Crippen LogP contribution in [0.15, 0.2) is 27.4 Å². The molecule has 0 amide bonds. The molecule has 0 radical (unpaired) electrons. The van der Waals surface area contributed by atoms with Crippen molar-refractivity contribution < 1.29 is 4.74 Å². The van der Waals surface area contributed by atoms with Crippen molar-refractivity contribution in [2.45, 2.75) is 22.2 Å². The first kappa shape index (κ1) is 15.1. The quantitative estimate of drug-likeness (QED) is 0.916. The van der Waals surface area contributed by atoms with Gasteiger partial charge in [-0.2, -0.15) is 0 Å². The summed E-state index contributed by atoms with van der Waals surface area (Å²) in [4.78, 5) is 3.00. The summed E-state index contributed by atoms with van der Waals surface area (Å²) in [5.41, 5.74) is 7.07. The first-order valence-corrected chi connectivity index (χ1v) is 7.77. The van der Waals surface area contributed by atoms with E-state index in [2.05, 4.69) is 10.2 Å². The fourth-order valence-corrected chi connectivity index (χ4v) is 3.73. The first-order valence-electron chi connectivity index (χ1n) is 6.14. The van der Waals surface area contributed by atoms with E-state index < -0.39 is 0 Å². The van der Waals surface area contributed by atoms with Gasteiger partial charge >= 0.3 is 0 Å². The largest absolute Gasteiger partial charge is 0.496 e. The Bertz CT molecular complexity index is 584. The zero-order valence-corrected chi connectivity index (χ0v) is 13.6. The molecule has 1 aromatic carbocycles. The number of hydrogen-bond donors (Lipinski definition) is 1. The third-order valence-electron chi connectivity index (χ3n) is 2.68. The monoisotopic (exact) mass is 310 g/mol. The van der Waals surface area contributed by atoms with Crippen molar-refractivity contribution in [1.29, 1.82) is 0 Å². The molecule has 0 aliphatic heterocycles. The molecule has 1 heterocycles. The van der Waals surface area contributed by atoms with Crippen LogP contribution in [0.5, 0.6) is 5.75 Å². The molecule has 1 aromatic heterocycles. The van der Waals surface area contributed by atoms with E-state index in [1.807, 2.05) is 44.1 Å². The normalized spacial score (nSPS) is 12.2. The number of aromatic nitrogens is 2. The van der Waals surface area contributed by atoms with Crippen molar-refractivity contribution in [1.82, 2.24) is 10.2 Å². The molecule has 5 nitrogen and oxygen atoms in total. The van der Waals surface area contributed by atoms with Crippen LogP contribution in [0, 0.1) is 0 Å². The van der Waals surface area contributed by atoms with Crippen LogP contribution in [0.3, 0.4) is 0 Å². The molecule has 0 spiro atoms. The lowest BCUT2D eigenvalue weighted by molar-refractivity contribution is 0.405. The van der Waals surface area contributed by atoms with Gasteiger partial charge in [0.2, 0.25) is 5.13 Å². The predicted octanol–water partition coefficient (Wildman–Crippen LogP) is 2.78. The SMILES string of the molecule is COc1cccc(Sc2nnc(N(C)C)s2)c1[C@H](C)N. The van der Waals surface area contributed by atoms with Crippen LogP contribution in [0.2, 0.25) is 0 Å². The molecule has 2 aromatic rings. The first-order chi connectivity index (χ1) is 9.52. The third kappa shape index (κ3) is 3.23. The minimum absolute atomic E-state index is 0.102. The Balaban J connectivity index is 2.32. The fourth-order valence-electron chi connectivity index (χ4n) is 1.76. The molecule has 0 saturated heterocycles. The van der Waals surface area contributed by atoms with Gasteiger partial charge in [0, 0.05) is 30.6 Å². The van der Waals surface area contributed by atoms with Gasteiger partial charge in [-0.25, -0.2) is 0 Å². The Morgan fingerprint density at radius 3 is 2.65 bits per heavy atom. The minimum Gasteiger partial charge on any atom is -0.496 e. The summed E-state index contributed by atoms with van der Waals surface area (Å²) in [6.07, 6.45) is 0. The lowest BCUT2D eigenvalue weighted by atomic mass is 10.1. The van der Waals surface area contributed by atoms with Gasteiger partial charge in [0.05, 0.1) is 7.11 Å². The van der Waals surface area contributed by atoms with E-state index >= 15 is 0 Å². The van der Waals surface area contributed by atoms with E-state index in [-0.39, 0.29) is 6.04 Å². The van der Waals surface area contributed by atoms with Gasteiger partial charge in [0.25, 0.3) is 0 Å². The summed E-state index contributed by atoms with van der Waals surface area (Å²) >= 11 is 3.12. The molecule has 0 unspecified atom stereocenters. The van der Waals surface area contributed by atoms with Crippen LogP contribution in [0.4, 0.5) is 5.13 Å². The predicted molar refractivity (Wildman–Crippen MR) is 84.0 cm³/mol. The number of benzene rings is 1. The number of hydrogen-bond acceptors (Lipinski definition) is 7. The second kappa shape index (κ2) is 6.43.